The molecule has 0 spiro atoms. The molecule has 5 nitrogen and oxygen atoms in total. The SMILES string of the molecule is CCCC(=NCCc1ccc(OC)c(OC)c1)C1C(=O)CC(c2ccccc2)CC1=O. The summed E-state index contributed by atoms with van der Waals surface area (Å²) in [5.74, 6) is 0.680. The maximum absolute atomic E-state index is 13.0. The van der Waals surface area contributed by atoms with Gasteiger partial charge in [-0.1, -0.05) is 49.7 Å². The Bertz CT molecular complexity index is 918. The normalized spacial score (nSPS) is 19.4. The number of hydrogen-bond acceptors (Lipinski definition) is 5. The second kappa shape index (κ2) is 10.9. The topological polar surface area (TPSA) is 65.0 Å². The minimum absolute atomic E-state index is 0.00317. The standard InChI is InChI=1S/C26H31NO4/c1-4-8-21(27-14-13-18-11-12-24(30-2)25(15-18)31-3)26-22(28)16-20(17-23(26)29)19-9-6-5-7-10-19/h5-7,9-12,15,20,26H,4,8,13-14,16-17H2,1-3H3. The van der Waals surface area contributed by atoms with Gasteiger partial charge in [-0.25, -0.2) is 0 Å². The van der Waals surface area contributed by atoms with Crippen LogP contribution in [-0.2, 0) is 16.0 Å². The van der Waals surface area contributed by atoms with E-state index in [1.807, 2.05) is 48.5 Å². The van der Waals surface area contributed by atoms with Crippen LogP contribution in [-0.4, -0.2) is 38.0 Å². The molecule has 1 saturated carbocycles. The number of carbonyl (C=O) groups is 2. The Morgan fingerprint density at radius 3 is 2.26 bits per heavy atom. The lowest BCUT2D eigenvalue weighted by Gasteiger charge is -2.27. The lowest BCUT2D eigenvalue weighted by molar-refractivity contribution is -0.133. The van der Waals surface area contributed by atoms with Crippen LogP contribution in [0.5, 0.6) is 11.5 Å². The van der Waals surface area contributed by atoms with Crippen molar-refractivity contribution in [3.8, 4) is 11.5 Å². The molecule has 1 aliphatic carbocycles. The molecule has 0 bridgehead atoms. The number of nitrogens with zero attached hydrogens (tertiary/aromatic N) is 1. The zero-order valence-corrected chi connectivity index (χ0v) is 18.6. The van der Waals surface area contributed by atoms with Crippen LogP contribution in [0.1, 0.15) is 49.7 Å². The summed E-state index contributed by atoms with van der Waals surface area (Å²) in [6.45, 7) is 2.58. The van der Waals surface area contributed by atoms with Gasteiger partial charge in [0.15, 0.2) is 11.5 Å². The summed E-state index contributed by atoms with van der Waals surface area (Å²) in [6, 6.07) is 15.6. The zero-order valence-electron chi connectivity index (χ0n) is 18.6. The number of aliphatic imine (C=N–C) groups is 1. The minimum atomic E-state index is -0.676. The summed E-state index contributed by atoms with van der Waals surface area (Å²) in [5, 5.41) is 0. The predicted octanol–water partition coefficient (Wildman–Crippen LogP) is 4.82. The Hall–Kier alpha value is -2.95. The molecule has 2 aromatic carbocycles. The van der Waals surface area contributed by atoms with E-state index in [0.29, 0.717) is 43.7 Å². The van der Waals surface area contributed by atoms with Crippen molar-refractivity contribution in [2.45, 2.75) is 44.9 Å². The number of ether oxygens (including phenoxy) is 2. The summed E-state index contributed by atoms with van der Waals surface area (Å²) in [6.07, 6.45) is 3.03. The number of hydrogen-bond donors (Lipinski definition) is 0. The lowest BCUT2D eigenvalue weighted by atomic mass is 9.74. The van der Waals surface area contributed by atoms with E-state index < -0.39 is 5.92 Å². The molecule has 0 aromatic heterocycles. The maximum Gasteiger partial charge on any atom is 0.160 e. The second-order valence-corrected chi connectivity index (χ2v) is 7.94. The first-order valence-corrected chi connectivity index (χ1v) is 10.9. The second-order valence-electron chi connectivity index (χ2n) is 7.94. The molecule has 31 heavy (non-hydrogen) atoms. The van der Waals surface area contributed by atoms with Gasteiger partial charge in [0.25, 0.3) is 0 Å². The van der Waals surface area contributed by atoms with Gasteiger partial charge in [0, 0.05) is 25.1 Å². The van der Waals surface area contributed by atoms with E-state index in [1.54, 1.807) is 14.2 Å². The maximum atomic E-state index is 13.0. The smallest absolute Gasteiger partial charge is 0.160 e. The van der Waals surface area contributed by atoms with Crippen molar-refractivity contribution >= 4 is 17.3 Å². The molecule has 5 heteroatoms. The number of carbonyl (C=O) groups excluding carboxylic acids is 2. The van der Waals surface area contributed by atoms with Gasteiger partial charge in [-0.15, -0.1) is 0 Å². The lowest BCUT2D eigenvalue weighted by Crippen LogP contribution is -2.38. The molecule has 1 fully saturated rings. The molecule has 0 heterocycles. The molecule has 0 amide bonds. The first-order chi connectivity index (χ1) is 15.1. The Balaban J connectivity index is 1.70. The van der Waals surface area contributed by atoms with Crippen LogP contribution >= 0.6 is 0 Å². The van der Waals surface area contributed by atoms with Crippen LogP contribution in [0.4, 0.5) is 0 Å². The number of methoxy groups -OCH3 is 2. The van der Waals surface area contributed by atoms with Crippen molar-refractivity contribution < 1.29 is 19.1 Å². The third kappa shape index (κ3) is 5.60. The third-order valence-electron chi connectivity index (χ3n) is 5.81. The van der Waals surface area contributed by atoms with Crippen LogP contribution in [0, 0.1) is 5.92 Å². The number of ketones is 2. The number of benzene rings is 2. The largest absolute Gasteiger partial charge is 0.493 e. The summed E-state index contributed by atoms with van der Waals surface area (Å²) >= 11 is 0. The molecule has 3 rings (SSSR count). The fourth-order valence-electron chi connectivity index (χ4n) is 4.24. The summed E-state index contributed by atoms with van der Waals surface area (Å²) in [7, 11) is 3.22. The quantitative estimate of drug-likeness (QED) is 0.430. The van der Waals surface area contributed by atoms with E-state index in [1.165, 1.54) is 0 Å². The van der Waals surface area contributed by atoms with Gasteiger partial charge >= 0.3 is 0 Å². The van der Waals surface area contributed by atoms with E-state index in [0.717, 1.165) is 23.3 Å². The van der Waals surface area contributed by atoms with Crippen LogP contribution < -0.4 is 9.47 Å². The fraction of sp³-hybridized carbons (Fsp3) is 0.423. The Labute approximate surface area is 184 Å². The average molecular weight is 422 g/mol. The summed E-state index contributed by atoms with van der Waals surface area (Å²) < 4.78 is 10.6. The molecule has 1 aliphatic rings. The molecule has 0 aliphatic heterocycles. The molecule has 0 radical (unpaired) electrons. The molecule has 0 atom stereocenters. The van der Waals surface area contributed by atoms with Crippen molar-refractivity contribution in [2.75, 3.05) is 20.8 Å². The van der Waals surface area contributed by atoms with E-state index >= 15 is 0 Å². The Morgan fingerprint density at radius 2 is 1.65 bits per heavy atom. The van der Waals surface area contributed by atoms with E-state index in [2.05, 4.69) is 6.92 Å². The van der Waals surface area contributed by atoms with E-state index in [4.69, 9.17) is 14.5 Å². The van der Waals surface area contributed by atoms with Crippen molar-refractivity contribution in [1.82, 2.24) is 0 Å². The highest BCUT2D eigenvalue weighted by molar-refractivity contribution is 6.22. The van der Waals surface area contributed by atoms with Gasteiger partial charge < -0.3 is 9.47 Å². The highest BCUT2D eigenvalue weighted by Crippen LogP contribution is 2.33. The number of Topliss-reactive ketones (excluding diaryl/α,β-unsaturated/α-hetero) is 2. The van der Waals surface area contributed by atoms with Crippen molar-refractivity contribution in [1.29, 1.82) is 0 Å². The van der Waals surface area contributed by atoms with Gasteiger partial charge in [0.05, 0.1) is 14.2 Å². The van der Waals surface area contributed by atoms with Crippen LogP contribution in [0.15, 0.2) is 53.5 Å². The number of rotatable bonds is 9. The monoisotopic (exact) mass is 421 g/mol. The van der Waals surface area contributed by atoms with Gasteiger partial charge in [-0.05, 0) is 42.0 Å². The van der Waals surface area contributed by atoms with E-state index in [-0.39, 0.29) is 17.5 Å². The van der Waals surface area contributed by atoms with Crippen molar-refractivity contribution in [3.63, 3.8) is 0 Å². The molecule has 0 saturated heterocycles. The highest BCUT2D eigenvalue weighted by Gasteiger charge is 2.38. The third-order valence-corrected chi connectivity index (χ3v) is 5.81. The zero-order chi connectivity index (χ0) is 22.2. The minimum Gasteiger partial charge on any atom is -0.493 e. The first-order valence-electron chi connectivity index (χ1n) is 10.9. The molecule has 0 N–H and O–H groups in total. The molecular weight excluding hydrogens is 390 g/mol. The molecular formula is C26H31NO4. The molecule has 0 unspecified atom stereocenters. The van der Waals surface area contributed by atoms with Gasteiger partial charge in [-0.2, -0.15) is 0 Å². The molecule has 2 aromatic rings. The predicted molar refractivity (Wildman–Crippen MR) is 122 cm³/mol. The summed E-state index contributed by atoms with van der Waals surface area (Å²) in [4.78, 5) is 30.7. The van der Waals surface area contributed by atoms with E-state index in [9.17, 15) is 9.59 Å². The van der Waals surface area contributed by atoms with Crippen LogP contribution in [0.25, 0.3) is 0 Å². The summed E-state index contributed by atoms with van der Waals surface area (Å²) in [5.41, 5.74) is 2.87. The van der Waals surface area contributed by atoms with Crippen molar-refractivity contribution in [3.05, 3.63) is 59.7 Å². The van der Waals surface area contributed by atoms with Crippen LogP contribution in [0.3, 0.4) is 0 Å². The highest BCUT2D eigenvalue weighted by atomic mass is 16.5. The van der Waals surface area contributed by atoms with Crippen molar-refractivity contribution in [2.24, 2.45) is 10.9 Å². The van der Waals surface area contributed by atoms with Gasteiger partial charge in [-0.3, -0.25) is 14.6 Å². The Morgan fingerprint density at radius 1 is 0.968 bits per heavy atom. The van der Waals surface area contributed by atoms with Crippen LogP contribution in [0.2, 0.25) is 0 Å². The Kier molecular flexibility index (Phi) is 7.99. The fourth-order valence-corrected chi connectivity index (χ4v) is 4.24. The average Bonchev–Trinajstić information content (AvgIpc) is 2.79. The van der Waals surface area contributed by atoms with Gasteiger partial charge in [0.1, 0.15) is 17.5 Å². The molecule has 164 valence electrons. The first kappa shape index (κ1) is 22.7. The van der Waals surface area contributed by atoms with Gasteiger partial charge in [0.2, 0.25) is 0 Å².